The molecular weight excluding hydrogens is 326 g/mol. The van der Waals surface area contributed by atoms with E-state index in [-0.39, 0.29) is 5.91 Å². The second-order valence-corrected chi connectivity index (χ2v) is 5.70. The quantitative estimate of drug-likeness (QED) is 0.880. The van der Waals surface area contributed by atoms with Gasteiger partial charge in [-0.05, 0) is 46.8 Å². The average molecular weight is 342 g/mol. The van der Waals surface area contributed by atoms with Crippen molar-refractivity contribution in [2.45, 2.75) is 12.8 Å². The van der Waals surface area contributed by atoms with E-state index in [2.05, 4.69) is 26.2 Å². The van der Waals surface area contributed by atoms with Gasteiger partial charge >= 0.3 is 6.09 Å². The predicted molar refractivity (Wildman–Crippen MR) is 76.6 cm³/mol. The number of carbonyl (C=O) groups excluding carboxylic acids is 1. The molecule has 1 aromatic heterocycles. The highest BCUT2D eigenvalue weighted by atomic mass is 79.9. The van der Waals surface area contributed by atoms with Gasteiger partial charge in [0.15, 0.2) is 0 Å². The van der Waals surface area contributed by atoms with Gasteiger partial charge in [-0.3, -0.25) is 4.79 Å². The normalized spacial score (nSPS) is 15.9. The van der Waals surface area contributed by atoms with Crippen molar-refractivity contribution in [3.63, 3.8) is 0 Å². The van der Waals surface area contributed by atoms with Gasteiger partial charge in [0, 0.05) is 30.3 Å². The molecule has 1 saturated heterocycles. The number of carboxylic acid groups (broad SMARTS) is 1. The molecule has 0 aliphatic carbocycles. The topological polar surface area (TPSA) is 82.5 Å². The predicted octanol–water partition coefficient (Wildman–Crippen LogP) is 1.96. The number of halogens is 1. The summed E-state index contributed by atoms with van der Waals surface area (Å²) in [5.41, 5.74) is 0.385. The highest BCUT2D eigenvalue weighted by Gasteiger charge is 2.22. The molecule has 0 radical (unpaired) electrons. The number of piperidine rings is 1. The monoisotopic (exact) mass is 341 g/mol. The van der Waals surface area contributed by atoms with Crippen LogP contribution in [0, 0.1) is 5.92 Å². The van der Waals surface area contributed by atoms with Crippen LogP contribution in [0.25, 0.3) is 0 Å². The van der Waals surface area contributed by atoms with Crippen LogP contribution in [-0.2, 0) is 0 Å². The second-order valence-electron chi connectivity index (χ2n) is 4.78. The van der Waals surface area contributed by atoms with Crippen LogP contribution in [0.2, 0.25) is 0 Å². The summed E-state index contributed by atoms with van der Waals surface area (Å²) in [6.45, 7) is 1.63. The van der Waals surface area contributed by atoms with Gasteiger partial charge in [-0.1, -0.05) is 0 Å². The van der Waals surface area contributed by atoms with Gasteiger partial charge in [0.05, 0.1) is 0 Å². The third-order valence-electron chi connectivity index (χ3n) is 3.40. The van der Waals surface area contributed by atoms with Gasteiger partial charge in [-0.25, -0.2) is 9.78 Å². The largest absolute Gasteiger partial charge is 0.465 e. The van der Waals surface area contributed by atoms with Crippen molar-refractivity contribution in [3.8, 4) is 0 Å². The van der Waals surface area contributed by atoms with Crippen molar-refractivity contribution >= 4 is 27.9 Å². The number of amides is 2. The van der Waals surface area contributed by atoms with Crippen molar-refractivity contribution in [1.29, 1.82) is 0 Å². The lowest BCUT2D eigenvalue weighted by atomic mass is 9.97. The zero-order chi connectivity index (χ0) is 14.5. The number of carbonyl (C=O) groups is 2. The fourth-order valence-corrected chi connectivity index (χ4v) is 2.40. The summed E-state index contributed by atoms with van der Waals surface area (Å²) >= 11 is 3.27. The molecule has 0 atom stereocenters. The Bertz CT molecular complexity index is 484. The van der Waals surface area contributed by atoms with Crippen molar-refractivity contribution in [2.24, 2.45) is 5.92 Å². The van der Waals surface area contributed by atoms with Gasteiger partial charge in [0.2, 0.25) is 0 Å². The Balaban J connectivity index is 1.77. The highest BCUT2D eigenvalue weighted by molar-refractivity contribution is 9.10. The minimum Gasteiger partial charge on any atom is -0.465 e. The first kappa shape index (κ1) is 14.8. The molecule has 7 heteroatoms. The molecule has 6 nitrogen and oxygen atoms in total. The molecule has 1 aliphatic rings. The van der Waals surface area contributed by atoms with E-state index in [9.17, 15) is 9.59 Å². The third-order valence-corrected chi connectivity index (χ3v) is 3.87. The molecule has 0 unspecified atom stereocenters. The maximum atomic E-state index is 11.9. The Morgan fingerprint density at radius 2 is 2.10 bits per heavy atom. The van der Waals surface area contributed by atoms with Crippen LogP contribution >= 0.6 is 15.9 Å². The lowest BCUT2D eigenvalue weighted by Gasteiger charge is -2.29. The van der Waals surface area contributed by atoms with E-state index in [1.807, 2.05) is 0 Å². The summed E-state index contributed by atoms with van der Waals surface area (Å²) in [6, 6.07) is 3.43. The Hall–Kier alpha value is -1.63. The summed E-state index contributed by atoms with van der Waals surface area (Å²) in [6.07, 6.45) is 2.27. The zero-order valence-electron chi connectivity index (χ0n) is 10.9. The van der Waals surface area contributed by atoms with Crippen LogP contribution in [0.3, 0.4) is 0 Å². The number of pyridine rings is 1. The summed E-state index contributed by atoms with van der Waals surface area (Å²) < 4.78 is 0.829. The number of nitrogens with zero attached hydrogens (tertiary/aromatic N) is 2. The zero-order valence-corrected chi connectivity index (χ0v) is 12.5. The summed E-state index contributed by atoms with van der Waals surface area (Å²) in [5, 5.41) is 11.7. The van der Waals surface area contributed by atoms with E-state index in [0.29, 0.717) is 31.2 Å². The lowest BCUT2D eigenvalue weighted by Crippen LogP contribution is -2.41. The van der Waals surface area contributed by atoms with Gasteiger partial charge in [-0.15, -0.1) is 0 Å². The van der Waals surface area contributed by atoms with Gasteiger partial charge in [0.1, 0.15) is 5.69 Å². The molecule has 2 rings (SSSR count). The van der Waals surface area contributed by atoms with E-state index >= 15 is 0 Å². The molecule has 20 heavy (non-hydrogen) atoms. The van der Waals surface area contributed by atoms with Gasteiger partial charge in [-0.2, -0.15) is 0 Å². The lowest BCUT2D eigenvalue weighted by molar-refractivity contribution is 0.0924. The second kappa shape index (κ2) is 6.69. The molecule has 1 fully saturated rings. The van der Waals surface area contributed by atoms with Crippen LogP contribution in [-0.4, -0.2) is 46.6 Å². The van der Waals surface area contributed by atoms with Gasteiger partial charge < -0.3 is 15.3 Å². The fraction of sp³-hybridized carbons (Fsp3) is 0.462. The van der Waals surface area contributed by atoms with E-state index in [1.165, 1.54) is 4.90 Å². The van der Waals surface area contributed by atoms with Crippen LogP contribution in [0.4, 0.5) is 4.79 Å². The standard InChI is InChI=1S/C13H16BrN3O3/c14-10-1-2-11(15-8-10)12(18)16-7-9-3-5-17(6-4-9)13(19)20/h1-2,8-9H,3-7H2,(H,16,18)(H,19,20). The fourth-order valence-electron chi connectivity index (χ4n) is 2.17. The molecule has 2 N–H and O–H groups in total. The van der Waals surface area contributed by atoms with E-state index in [4.69, 9.17) is 5.11 Å². The molecule has 0 aromatic carbocycles. The van der Waals surface area contributed by atoms with Crippen LogP contribution in [0.5, 0.6) is 0 Å². The molecule has 0 bridgehead atoms. The summed E-state index contributed by atoms with van der Waals surface area (Å²) in [7, 11) is 0. The van der Waals surface area contributed by atoms with Gasteiger partial charge in [0.25, 0.3) is 5.91 Å². The Kier molecular flexibility index (Phi) is 4.94. The number of nitrogens with one attached hydrogen (secondary N) is 1. The molecule has 2 amide bonds. The van der Waals surface area contributed by atoms with Crippen molar-refractivity contribution in [2.75, 3.05) is 19.6 Å². The molecule has 0 spiro atoms. The third kappa shape index (κ3) is 3.93. The summed E-state index contributed by atoms with van der Waals surface area (Å²) in [4.78, 5) is 28.1. The Morgan fingerprint density at radius 1 is 1.40 bits per heavy atom. The first-order chi connectivity index (χ1) is 9.56. The maximum absolute atomic E-state index is 11.9. The molecular formula is C13H16BrN3O3. The number of aromatic nitrogens is 1. The van der Waals surface area contributed by atoms with E-state index in [0.717, 1.165) is 17.3 Å². The first-order valence-corrected chi connectivity index (χ1v) is 7.23. The number of likely N-dealkylation sites (tertiary alicyclic amines) is 1. The molecule has 2 heterocycles. The minimum absolute atomic E-state index is 0.196. The number of hydrogen-bond acceptors (Lipinski definition) is 3. The highest BCUT2D eigenvalue weighted by Crippen LogP contribution is 2.16. The average Bonchev–Trinajstić information content (AvgIpc) is 2.46. The maximum Gasteiger partial charge on any atom is 0.407 e. The van der Waals surface area contributed by atoms with Crippen LogP contribution in [0.1, 0.15) is 23.3 Å². The van der Waals surface area contributed by atoms with Crippen molar-refractivity contribution in [3.05, 3.63) is 28.5 Å². The number of hydrogen-bond donors (Lipinski definition) is 2. The molecule has 108 valence electrons. The Morgan fingerprint density at radius 3 is 2.65 bits per heavy atom. The van der Waals surface area contributed by atoms with Crippen LogP contribution in [0.15, 0.2) is 22.8 Å². The molecule has 0 saturated carbocycles. The number of rotatable bonds is 3. The first-order valence-electron chi connectivity index (χ1n) is 6.44. The smallest absolute Gasteiger partial charge is 0.407 e. The van der Waals surface area contributed by atoms with E-state index < -0.39 is 6.09 Å². The molecule has 1 aliphatic heterocycles. The summed E-state index contributed by atoms with van der Waals surface area (Å²) in [5.74, 6) is 0.128. The van der Waals surface area contributed by atoms with E-state index in [1.54, 1.807) is 18.3 Å². The van der Waals surface area contributed by atoms with Crippen LogP contribution < -0.4 is 5.32 Å². The minimum atomic E-state index is -0.869. The van der Waals surface area contributed by atoms with Crippen molar-refractivity contribution in [1.82, 2.24) is 15.2 Å². The molecule has 1 aromatic rings. The van der Waals surface area contributed by atoms with Crippen molar-refractivity contribution < 1.29 is 14.7 Å². The SMILES string of the molecule is O=C(NCC1CCN(C(=O)O)CC1)c1ccc(Br)cn1. The Labute approximate surface area is 125 Å².